The van der Waals surface area contributed by atoms with Crippen molar-refractivity contribution in [3.05, 3.63) is 12.7 Å². The highest BCUT2D eigenvalue weighted by Crippen LogP contribution is 1.68. The Kier molecular flexibility index (Phi) is 25.8. The normalized spacial score (nSPS) is 10.0. The molecule has 0 saturated heterocycles. The largest absolute Gasteiger partial charge is 0.326 e. The molecular weight excluding hydrogens is 128 g/mol. The molecule has 0 spiro atoms. The summed E-state index contributed by atoms with van der Waals surface area (Å²) in [4.78, 5) is 4.18. The minimum Gasteiger partial charge on any atom is -0.326 e. The number of rotatable bonds is 2. The Morgan fingerprint density at radius 2 is 2.00 bits per heavy atom. The molecule has 0 aromatic rings. The summed E-state index contributed by atoms with van der Waals surface area (Å²) in [7, 11) is 0. The van der Waals surface area contributed by atoms with Gasteiger partial charge in [0.1, 0.15) is 0 Å². The van der Waals surface area contributed by atoms with Crippen LogP contribution in [0.15, 0.2) is 12.7 Å². The molecule has 64 valence electrons. The molecule has 0 radical (unpaired) electrons. The number of hydrogen-bond donors (Lipinski definition) is 2. The lowest BCUT2D eigenvalue weighted by Gasteiger charge is -1.97. The highest BCUT2D eigenvalue weighted by molar-refractivity contribution is 4.51. The Balaban J connectivity index is -0.000000107. The van der Waals surface area contributed by atoms with Crippen molar-refractivity contribution >= 4 is 0 Å². The van der Waals surface area contributed by atoms with Gasteiger partial charge in [-0.3, -0.25) is 0 Å². The lowest BCUT2D eigenvalue weighted by molar-refractivity contribution is 0.128. The molecule has 1 unspecified atom stereocenters. The summed E-state index contributed by atoms with van der Waals surface area (Å²) in [6, 6.07) is 0.0509. The van der Waals surface area contributed by atoms with Crippen LogP contribution in [-0.2, 0) is 4.84 Å². The maximum Gasteiger partial charge on any atom is 0.0827 e. The van der Waals surface area contributed by atoms with Gasteiger partial charge in [-0.2, -0.15) is 0 Å². The summed E-state index contributed by atoms with van der Waals surface area (Å²) in [5.41, 5.74) is 5.20. The van der Waals surface area contributed by atoms with Crippen molar-refractivity contribution in [3.63, 3.8) is 0 Å². The molecular formula is C7H20N2O. The van der Waals surface area contributed by atoms with Gasteiger partial charge in [0.2, 0.25) is 0 Å². The molecule has 0 saturated carbocycles. The molecule has 0 aromatic carbocycles. The smallest absolute Gasteiger partial charge is 0.0827 e. The zero-order chi connectivity index (χ0) is 7.70. The minimum absolute atomic E-state index is 0. The number of allylic oxidation sites excluding steroid dienone is 1. The summed E-state index contributed by atoms with van der Waals surface area (Å²) in [6.07, 6.45) is 1.75. The van der Waals surface area contributed by atoms with Crippen LogP contribution in [0.25, 0.3) is 0 Å². The van der Waals surface area contributed by atoms with E-state index in [1.54, 1.807) is 6.08 Å². The first-order valence-electron chi connectivity index (χ1n) is 2.83. The monoisotopic (exact) mass is 148 g/mol. The Morgan fingerprint density at radius 3 is 2.00 bits per heavy atom. The van der Waals surface area contributed by atoms with Crippen LogP contribution in [0.5, 0.6) is 0 Å². The Bertz CT molecular complexity index is 55.6. The van der Waals surface area contributed by atoms with E-state index in [4.69, 9.17) is 5.73 Å². The van der Waals surface area contributed by atoms with E-state index >= 15 is 0 Å². The van der Waals surface area contributed by atoms with E-state index in [-0.39, 0.29) is 13.5 Å². The Morgan fingerprint density at radius 1 is 1.70 bits per heavy atom. The fraction of sp³-hybridized carbons (Fsp3) is 0.714. The number of nitrogens with two attached hydrogens (primary N) is 2. The summed E-state index contributed by atoms with van der Waals surface area (Å²) in [5, 5.41) is 0. The Labute approximate surface area is 64.0 Å². The van der Waals surface area contributed by atoms with E-state index in [1.807, 2.05) is 13.8 Å². The van der Waals surface area contributed by atoms with E-state index in [2.05, 4.69) is 17.3 Å². The third kappa shape index (κ3) is 48.6. The lowest BCUT2D eigenvalue weighted by atomic mass is 10.4. The molecule has 1 atom stereocenters. The van der Waals surface area contributed by atoms with Crippen LogP contribution in [0.4, 0.5) is 0 Å². The second-order valence-electron chi connectivity index (χ2n) is 1.72. The van der Waals surface area contributed by atoms with E-state index < -0.39 is 0 Å². The van der Waals surface area contributed by atoms with Gasteiger partial charge in [0.25, 0.3) is 0 Å². The highest BCUT2D eigenvalue weighted by Gasteiger charge is 1.86. The first kappa shape index (κ1) is 16.3. The lowest BCUT2D eigenvalue weighted by Crippen LogP contribution is -2.23. The average molecular weight is 148 g/mol. The average Bonchev–Trinajstić information content (AvgIpc) is 1.67. The second kappa shape index (κ2) is 15.8. The molecule has 0 amide bonds. The summed E-state index contributed by atoms with van der Waals surface area (Å²) >= 11 is 0. The summed E-state index contributed by atoms with van der Waals surface area (Å²) in [6.45, 7) is 7.51. The molecule has 0 aromatic heterocycles. The van der Waals surface area contributed by atoms with Crippen LogP contribution in [0, 0.1) is 0 Å². The predicted octanol–water partition coefficient (Wildman–Crippen LogP) is 1.05. The number of hydrogen-bond acceptors (Lipinski definition) is 3. The third-order valence-corrected chi connectivity index (χ3v) is 0.359. The van der Waals surface area contributed by atoms with E-state index in [0.29, 0.717) is 6.61 Å². The molecule has 10 heavy (non-hydrogen) atoms. The van der Waals surface area contributed by atoms with Crippen LogP contribution in [0.3, 0.4) is 0 Å². The molecule has 0 aliphatic carbocycles. The standard InChI is InChI=1S/C3H10N2O.C3H6.CH4/c1-3(4)2-6-5;1-3-2;/h3H,2,4-5H2,1H3;3H,1H2,2H3;1H4. The summed E-state index contributed by atoms with van der Waals surface area (Å²) < 4.78 is 0. The van der Waals surface area contributed by atoms with Crippen molar-refractivity contribution in [2.24, 2.45) is 11.6 Å². The predicted molar refractivity (Wildman–Crippen MR) is 46.4 cm³/mol. The molecule has 0 rings (SSSR count). The van der Waals surface area contributed by atoms with Crippen LogP contribution >= 0.6 is 0 Å². The third-order valence-electron chi connectivity index (χ3n) is 0.359. The van der Waals surface area contributed by atoms with Gasteiger partial charge in [-0.25, -0.2) is 5.90 Å². The van der Waals surface area contributed by atoms with Crippen LogP contribution in [0.1, 0.15) is 21.3 Å². The topological polar surface area (TPSA) is 61.3 Å². The zero-order valence-corrected chi connectivity index (χ0v) is 6.13. The van der Waals surface area contributed by atoms with Gasteiger partial charge < -0.3 is 10.6 Å². The van der Waals surface area contributed by atoms with Crippen molar-refractivity contribution < 1.29 is 4.84 Å². The van der Waals surface area contributed by atoms with Gasteiger partial charge in [0, 0.05) is 6.04 Å². The van der Waals surface area contributed by atoms with Crippen molar-refractivity contribution in [2.45, 2.75) is 27.3 Å². The van der Waals surface area contributed by atoms with Crippen LogP contribution in [0.2, 0.25) is 0 Å². The molecule has 4 N–H and O–H groups in total. The van der Waals surface area contributed by atoms with Crippen molar-refractivity contribution in [3.8, 4) is 0 Å². The van der Waals surface area contributed by atoms with Gasteiger partial charge in [-0.15, -0.1) is 6.58 Å². The maximum absolute atomic E-state index is 5.20. The minimum atomic E-state index is 0. The highest BCUT2D eigenvalue weighted by atomic mass is 16.6. The molecule has 0 bridgehead atoms. The van der Waals surface area contributed by atoms with Gasteiger partial charge in [-0.05, 0) is 13.8 Å². The zero-order valence-electron chi connectivity index (χ0n) is 6.13. The molecule has 3 nitrogen and oxygen atoms in total. The Hall–Kier alpha value is -0.380. The fourth-order valence-electron chi connectivity index (χ4n) is 0.152. The van der Waals surface area contributed by atoms with Crippen molar-refractivity contribution in [1.29, 1.82) is 0 Å². The summed E-state index contributed by atoms with van der Waals surface area (Å²) in [5.74, 6) is 4.65. The molecule has 3 heteroatoms. The first-order chi connectivity index (χ1) is 4.18. The molecule has 0 aliphatic heterocycles. The van der Waals surface area contributed by atoms with Crippen molar-refractivity contribution in [2.75, 3.05) is 6.61 Å². The van der Waals surface area contributed by atoms with Gasteiger partial charge in [0.05, 0.1) is 6.61 Å². The second-order valence-corrected chi connectivity index (χ2v) is 1.72. The van der Waals surface area contributed by atoms with E-state index in [1.165, 1.54) is 0 Å². The quantitative estimate of drug-likeness (QED) is 0.454. The van der Waals surface area contributed by atoms with E-state index in [0.717, 1.165) is 0 Å². The molecule has 0 fully saturated rings. The van der Waals surface area contributed by atoms with Crippen LogP contribution < -0.4 is 11.6 Å². The van der Waals surface area contributed by atoms with Crippen molar-refractivity contribution in [1.82, 2.24) is 0 Å². The first-order valence-corrected chi connectivity index (χ1v) is 2.83. The van der Waals surface area contributed by atoms with Gasteiger partial charge in [-0.1, -0.05) is 13.5 Å². The maximum atomic E-state index is 5.20. The van der Waals surface area contributed by atoms with Gasteiger partial charge >= 0.3 is 0 Å². The van der Waals surface area contributed by atoms with Crippen LogP contribution in [-0.4, -0.2) is 12.6 Å². The van der Waals surface area contributed by atoms with Gasteiger partial charge in [0.15, 0.2) is 0 Å². The SMILES string of the molecule is C.C=CC.CC(N)CON. The molecule has 0 heterocycles. The van der Waals surface area contributed by atoms with E-state index in [9.17, 15) is 0 Å². The fourth-order valence-corrected chi connectivity index (χ4v) is 0.152. The molecule has 0 aliphatic rings.